The van der Waals surface area contributed by atoms with Crippen molar-refractivity contribution in [3.63, 3.8) is 0 Å². The minimum absolute atomic E-state index is 0.0412. The molecule has 0 aliphatic rings. The van der Waals surface area contributed by atoms with E-state index in [1.54, 1.807) is 12.1 Å². The maximum Gasteiger partial charge on any atom is 0.326 e. The van der Waals surface area contributed by atoms with E-state index in [9.17, 15) is 52.8 Å². The van der Waals surface area contributed by atoms with Crippen LogP contribution in [0.4, 0.5) is 5.69 Å². The van der Waals surface area contributed by atoms with Gasteiger partial charge >= 0.3 is 11.9 Å². The van der Waals surface area contributed by atoms with Crippen molar-refractivity contribution < 1.29 is 62.3 Å². The van der Waals surface area contributed by atoms with Gasteiger partial charge in [0.1, 0.15) is 18.7 Å². The lowest BCUT2D eigenvalue weighted by molar-refractivity contribution is -0.143. The number of aliphatic carboxylic acids is 2. The first-order valence-electron chi connectivity index (χ1n) is 22.4. The zero-order valence-corrected chi connectivity index (χ0v) is 40.2. The Hall–Kier alpha value is -5.19. The smallest absolute Gasteiger partial charge is 0.326 e. The monoisotopic (exact) mass is 955 g/mol. The number of hydrogen-bond acceptors (Lipinski definition) is 12. The number of benzene rings is 1. The van der Waals surface area contributed by atoms with Crippen molar-refractivity contribution in [2.24, 2.45) is 10.8 Å². The number of amides is 6. The van der Waals surface area contributed by atoms with Crippen LogP contribution in [0.5, 0.6) is 0 Å². The molecule has 374 valence electrons. The Labute approximate surface area is 390 Å². The standard InChI is InChI=1S/C44H74N8O13S/c1-7-19-45-32-13-11-31(12-14-32)40(58)48-21-20-46-39(57)28-65-25-24-64-23-22-47-36(54)17-15-33(41(59)60)51-37(55)18-16-34(42(61)62)52-38(56)27-43(3,4)29-44(5,6)30-49-35(53)10-9-26-66(63)50-8-2/h11-14,33-34,45,50H,7-10,15-30H2,1-6H3,(H,46,57)(H,47,54)(H,48,58)(H,49,53)(H,51,55)(H,52,56)(H,59,60)(H,61,62). The van der Waals surface area contributed by atoms with Gasteiger partial charge < -0.3 is 56.9 Å². The fraction of sp³-hybridized carbons (Fsp3) is 0.682. The van der Waals surface area contributed by atoms with Gasteiger partial charge in [-0.2, -0.15) is 0 Å². The average molecular weight is 955 g/mol. The summed E-state index contributed by atoms with van der Waals surface area (Å²) in [6.45, 7) is 13.9. The van der Waals surface area contributed by atoms with Crippen molar-refractivity contribution in [1.82, 2.24) is 36.6 Å². The topological polar surface area (TPSA) is 309 Å². The van der Waals surface area contributed by atoms with Gasteiger partial charge in [-0.3, -0.25) is 28.8 Å². The Morgan fingerprint density at radius 3 is 1.85 bits per heavy atom. The lowest BCUT2D eigenvalue weighted by atomic mass is 9.73. The van der Waals surface area contributed by atoms with E-state index < -0.39 is 70.0 Å². The van der Waals surface area contributed by atoms with Crippen molar-refractivity contribution in [2.45, 2.75) is 111 Å². The molecule has 0 saturated carbocycles. The van der Waals surface area contributed by atoms with Crippen LogP contribution in [-0.4, -0.2) is 145 Å². The van der Waals surface area contributed by atoms with Crippen LogP contribution in [0.2, 0.25) is 0 Å². The summed E-state index contributed by atoms with van der Waals surface area (Å²) in [7, 11) is -1.18. The van der Waals surface area contributed by atoms with Gasteiger partial charge in [-0.1, -0.05) is 41.5 Å². The molecule has 0 radical (unpaired) electrons. The van der Waals surface area contributed by atoms with E-state index in [2.05, 4.69) is 48.9 Å². The van der Waals surface area contributed by atoms with Crippen LogP contribution in [0.15, 0.2) is 24.3 Å². The lowest BCUT2D eigenvalue weighted by Gasteiger charge is -2.35. The molecule has 0 aliphatic heterocycles. The van der Waals surface area contributed by atoms with Gasteiger partial charge in [-0.15, -0.1) is 0 Å². The van der Waals surface area contributed by atoms with E-state index >= 15 is 0 Å². The number of carboxylic acids is 2. The van der Waals surface area contributed by atoms with Crippen LogP contribution in [0.3, 0.4) is 0 Å². The molecule has 10 N–H and O–H groups in total. The molecule has 1 rings (SSSR count). The molecule has 6 amide bonds. The number of carbonyl (C=O) groups excluding carboxylic acids is 6. The van der Waals surface area contributed by atoms with Crippen molar-refractivity contribution in [2.75, 3.05) is 76.8 Å². The van der Waals surface area contributed by atoms with E-state index in [1.807, 2.05) is 46.8 Å². The third-order valence-corrected chi connectivity index (χ3v) is 10.9. The minimum atomic E-state index is -1.43. The Morgan fingerprint density at radius 2 is 1.23 bits per heavy atom. The molecular weight excluding hydrogens is 881 g/mol. The van der Waals surface area contributed by atoms with E-state index in [0.717, 1.165) is 18.7 Å². The van der Waals surface area contributed by atoms with Gasteiger partial charge in [0.05, 0.1) is 30.8 Å². The zero-order valence-electron chi connectivity index (χ0n) is 39.4. The van der Waals surface area contributed by atoms with E-state index in [4.69, 9.17) is 9.47 Å². The first kappa shape index (κ1) is 58.8. The number of anilines is 1. The number of hydrogen-bond donors (Lipinski definition) is 10. The molecule has 21 nitrogen and oxygen atoms in total. The largest absolute Gasteiger partial charge is 0.480 e. The Morgan fingerprint density at radius 1 is 0.652 bits per heavy atom. The average Bonchev–Trinajstić information content (AvgIpc) is 3.24. The Kier molecular flexibility index (Phi) is 28.9. The van der Waals surface area contributed by atoms with Gasteiger partial charge in [-0.25, -0.2) is 18.5 Å². The molecule has 1 aromatic rings. The highest BCUT2D eigenvalue weighted by Gasteiger charge is 2.33. The maximum atomic E-state index is 13.0. The predicted octanol–water partition coefficient (Wildman–Crippen LogP) is 1.21. The fourth-order valence-corrected chi connectivity index (χ4v) is 7.60. The number of carboxylic acid groups (broad SMARTS) is 2. The first-order valence-corrected chi connectivity index (χ1v) is 23.7. The third-order valence-electron chi connectivity index (χ3n) is 9.62. The van der Waals surface area contributed by atoms with E-state index in [-0.39, 0.29) is 95.9 Å². The molecule has 0 aromatic heterocycles. The number of carbonyl (C=O) groups is 8. The molecule has 66 heavy (non-hydrogen) atoms. The summed E-state index contributed by atoms with van der Waals surface area (Å²) in [5.41, 5.74) is 0.419. The normalized spacial score (nSPS) is 12.8. The van der Waals surface area contributed by atoms with Crippen LogP contribution in [0.25, 0.3) is 0 Å². The van der Waals surface area contributed by atoms with E-state index in [0.29, 0.717) is 37.2 Å². The predicted molar refractivity (Wildman–Crippen MR) is 249 cm³/mol. The van der Waals surface area contributed by atoms with Crippen molar-refractivity contribution in [3.8, 4) is 0 Å². The highest BCUT2D eigenvalue weighted by atomic mass is 32.2. The van der Waals surface area contributed by atoms with Crippen LogP contribution >= 0.6 is 0 Å². The molecule has 22 heteroatoms. The van der Waals surface area contributed by atoms with E-state index in [1.165, 1.54) is 0 Å². The van der Waals surface area contributed by atoms with Crippen LogP contribution in [0.1, 0.15) is 110 Å². The lowest BCUT2D eigenvalue weighted by Crippen LogP contribution is -2.45. The van der Waals surface area contributed by atoms with Crippen LogP contribution < -0.4 is 41.9 Å². The summed E-state index contributed by atoms with van der Waals surface area (Å²) < 4.78 is 25.2. The SMILES string of the molecule is CCCNc1ccc(C(=O)NCCNC(=O)COCCOCCNC(=O)CCC(NC(=O)CCC(NC(=O)CC(C)(C)CC(C)(C)CNC(=O)CCCS(=O)NCC)C(=O)O)C(=O)O)cc1. The van der Waals surface area contributed by atoms with Crippen LogP contribution in [-0.2, 0) is 54.0 Å². The number of rotatable bonds is 37. The second-order valence-corrected chi connectivity index (χ2v) is 18.6. The molecule has 0 saturated heterocycles. The van der Waals surface area contributed by atoms with Crippen molar-refractivity contribution >= 4 is 64.1 Å². The summed E-state index contributed by atoms with van der Waals surface area (Å²) in [6.07, 6.45) is 0.939. The summed E-state index contributed by atoms with van der Waals surface area (Å²) in [5, 5.41) is 38.2. The number of nitrogens with one attached hydrogen (secondary N) is 8. The number of ether oxygens (including phenoxy) is 2. The minimum Gasteiger partial charge on any atom is -0.480 e. The molecule has 3 atom stereocenters. The summed E-state index contributed by atoms with van der Waals surface area (Å²) >= 11 is 0. The van der Waals surface area contributed by atoms with Gasteiger partial charge in [0.15, 0.2) is 0 Å². The highest BCUT2D eigenvalue weighted by Crippen LogP contribution is 2.36. The van der Waals surface area contributed by atoms with Crippen molar-refractivity contribution in [1.29, 1.82) is 0 Å². The quantitative estimate of drug-likeness (QED) is 0.0420. The molecule has 0 bridgehead atoms. The molecule has 3 unspecified atom stereocenters. The molecule has 0 fully saturated rings. The second-order valence-electron chi connectivity index (χ2n) is 17.2. The van der Waals surface area contributed by atoms with Crippen LogP contribution in [0, 0.1) is 10.8 Å². The Balaban J connectivity index is 2.30. The summed E-state index contributed by atoms with van der Waals surface area (Å²) in [6, 6.07) is 4.25. The summed E-state index contributed by atoms with van der Waals surface area (Å²) in [4.78, 5) is 98.3. The third kappa shape index (κ3) is 28.7. The van der Waals surface area contributed by atoms with Crippen molar-refractivity contribution in [3.05, 3.63) is 29.8 Å². The van der Waals surface area contributed by atoms with Gasteiger partial charge in [0.2, 0.25) is 29.5 Å². The molecule has 0 heterocycles. The van der Waals surface area contributed by atoms with Gasteiger partial charge in [0, 0.05) is 82.0 Å². The Bertz CT molecular complexity index is 1730. The van der Waals surface area contributed by atoms with Gasteiger partial charge in [0.25, 0.3) is 5.91 Å². The summed E-state index contributed by atoms with van der Waals surface area (Å²) in [5.74, 6) is -5.00. The highest BCUT2D eigenvalue weighted by molar-refractivity contribution is 7.83. The molecule has 0 aliphatic carbocycles. The maximum absolute atomic E-state index is 13.0. The zero-order chi connectivity index (χ0) is 49.5. The molecule has 1 aromatic carbocycles. The molecular formula is C44H74N8O13S. The second kappa shape index (κ2) is 32.5. The fourth-order valence-electron chi connectivity index (χ4n) is 6.73. The van der Waals surface area contributed by atoms with Gasteiger partial charge in [-0.05, 0) is 67.2 Å². The first-order chi connectivity index (χ1) is 31.2. The molecule has 0 spiro atoms.